The van der Waals surface area contributed by atoms with Crippen LogP contribution in [0.15, 0.2) is 59.3 Å². The Labute approximate surface area is 130 Å². The predicted molar refractivity (Wildman–Crippen MR) is 85.3 cm³/mol. The van der Waals surface area contributed by atoms with E-state index in [0.717, 1.165) is 10.0 Å². The van der Waals surface area contributed by atoms with Crippen LogP contribution in [0, 0.1) is 5.82 Å². The van der Waals surface area contributed by atoms with Crippen molar-refractivity contribution in [2.24, 2.45) is 0 Å². The molecule has 0 spiro atoms. The smallest absolute Gasteiger partial charge is 0.131 e. The first-order valence-corrected chi connectivity index (χ1v) is 7.24. The van der Waals surface area contributed by atoms with Gasteiger partial charge in [-0.2, -0.15) is 0 Å². The third kappa shape index (κ3) is 2.83. The first-order valence-electron chi connectivity index (χ1n) is 6.45. The van der Waals surface area contributed by atoms with Gasteiger partial charge in [0.2, 0.25) is 0 Å². The Hall–Kier alpha value is -2.14. The molecule has 0 atom stereocenters. The van der Waals surface area contributed by atoms with E-state index in [1.165, 1.54) is 12.1 Å². The van der Waals surface area contributed by atoms with Crippen LogP contribution in [0.25, 0.3) is 11.3 Å². The van der Waals surface area contributed by atoms with Gasteiger partial charge in [0.25, 0.3) is 0 Å². The van der Waals surface area contributed by atoms with Crippen molar-refractivity contribution >= 4 is 21.7 Å². The first kappa shape index (κ1) is 13.8. The number of aromatic nitrogens is 2. The minimum absolute atomic E-state index is 0.315. The Morgan fingerprint density at radius 3 is 2.67 bits per heavy atom. The fourth-order valence-electron chi connectivity index (χ4n) is 2.18. The van der Waals surface area contributed by atoms with Gasteiger partial charge in [-0.25, -0.2) is 9.37 Å². The SMILES string of the molecule is Nc1c(-c2cc(F)ccc2Br)ncn1Cc1ccccc1. The summed E-state index contributed by atoms with van der Waals surface area (Å²) in [4.78, 5) is 4.33. The van der Waals surface area contributed by atoms with Crippen LogP contribution in [0.1, 0.15) is 5.56 Å². The number of hydrogen-bond donors (Lipinski definition) is 1. The lowest BCUT2D eigenvalue weighted by Gasteiger charge is -2.07. The molecule has 0 saturated heterocycles. The lowest BCUT2D eigenvalue weighted by molar-refractivity contribution is 0.628. The predicted octanol–water partition coefficient (Wildman–Crippen LogP) is 4.08. The van der Waals surface area contributed by atoms with Gasteiger partial charge >= 0.3 is 0 Å². The second-order valence-electron chi connectivity index (χ2n) is 4.72. The number of nitrogens with two attached hydrogens (primary N) is 1. The van der Waals surface area contributed by atoms with E-state index in [1.54, 1.807) is 12.4 Å². The van der Waals surface area contributed by atoms with Gasteiger partial charge in [-0.3, -0.25) is 0 Å². The Morgan fingerprint density at radius 2 is 1.90 bits per heavy atom. The van der Waals surface area contributed by atoms with Crippen LogP contribution in [0.5, 0.6) is 0 Å². The summed E-state index contributed by atoms with van der Waals surface area (Å²) < 4.78 is 16.0. The average Bonchev–Trinajstić information content (AvgIpc) is 2.84. The van der Waals surface area contributed by atoms with Gasteiger partial charge in [0, 0.05) is 10.0 Å². The molecule has 1 aromatic heterocycles. The molecule has 0 radical (unpaired) electrons. The fourth-order valence-corrected chi connectivity index (χ4v) is 2.62. The van der Waals surface area contributed by atoms with E-state index in [4.69, 9.17) is 5.73 Å². The molecule has 0 aliphatic rings. The molecule has 0 fully saturated rings. The van der Waals surface area contributed by atoms with Crippen LogP contribution in [-0.4, -0.2) is 9.55 Å². The molecule has 3 nitrogen and oxygen atoms in total. The minimum atomic E-state index is -0.315. The number of imidazole rings is 1. The van der Waals surface area contributed by atoms with Crippen LogP contribution >= 0.6 is 15.9 Å². The first-order chi connectivity index (χ1) is 10.1. The monoisotopic (exact) mass is 345 g/mol. The summed E-state index contributed by atoms with van der Waals surface area (Å²) in [7, 11) is 0. The van der Waals surface area contributed by atoms with Gasteiger partial charge < -0.3 is 10.3 Å². The molecule has 3 aromatic rings. The van der Waals surface area contributed by atoms with Gasteiger partial charge in [0.15, 0.2) is 0 Å². The fraction of sp³-hybridized carbons (Fsp3) is 0.0625. The Balaban J connectivity index is 1.98. The Kier molecular flexibility index (Phi) is 3.75. The number of nitrogens with zero attached hydrogens (tertiary/aromatic N) is 2. The van der Waals surface area contributed by atoms with Gasteiger partial charge in [-0.1, -0.05) is 46.3 Å². The summed E-state index contributed by atoms with van der Waals surface area (Å²) in [6.07, 6.45) is 1.68. The van der Waals surface area contributed by atoms with Crippen molar-refractivity contribution in [2.75, 3.05) is 5.73 Å². The van der Waals surface area contributed by atoms with Crippen molar-refractivity contribution in [1.29, 1.82) is 0 Å². The van der Waals surface area contributed by atoms with Crippen LogP contribution in [-0.2, 0) is 6.54 Å². The van der Waals surface area contributed by atoms with E-state index in [2.05, 4.69) is 20.9 Å². The van der Waals surface area contributed by atoms with Gasteiger partial charge in [0.05, 0.1) is 12.9 Å². The summed E-state index contributed by atoms with van der Waals surface area (Å²) in [6.45, 7) is 0.632. The molecule has 5 heteroatoms. The quantitative estimate of drug-likeness (QED) is 0.777. The number of benzene rings is 2. The number of halogens is 2. The van der Waals surface area contributed by atoms with Gasteiger partial charge in [-0.05, 0) is 23.8 Å². The molecule has 3 rings (SSSR count). The molecule has 2 N–H and O–H groups in total. The third-order valence-electron chi connectivity index (χ3n) is 3.26. The molecule has 0 saturated carbocycles. The van der Waals surface area contributed by atoms with Crippen molar-refractivity contribution in [3.05, 3.63) is 70.7 Å². The molecule has 0 amide bonds. The van der Waals surface area contributed by atoms with Crippen LogP contribution in [0.3, 0.4) is 0 Å². The maximum Gasteiger partial charge on any atom is 0.131 e. The number of hydrogen-bond acceptors (Lipinski definition) is 2. The zero-order valence-corrected chi connectivity index (χ0v) is 12.7. The third-order valence-corrected chi connectivity index (χ3v) is 3.95. The lowest BCUT2D eigenvalue weighted by Crippen LogP contribution is -2.03. The number of anilines is 1. The molecular formula is C16H13BrFN3. The van der Waals surface area contributed by atoms with Crippen LogP contribution in [0.2, 0.25) is 0 Å². The van der Waals surface area contributed by atoms with Crippen molar-refractivity contribution in [2.45, 2.75) is 6.54 Å². The number of rotatable bonds is 3. The summed E-state index contributed by atoms with van der Waals surface area (Å²) in [6, 6.07) is 14.4. The van der Waals surface area contributed by atoms with Gasteiger partial charge in [0.1, 0.15) is 17.3 Å². The highest BCUT2D eigenvalue weighted by atomic mass is 79.9. The highest BCUT2D eigenvalue weighted by molar-refractivity contribution is 9.10. The van der Waals surface area contributed by atoms with Gasteiger partial charge in [-0.15, -0.1) is 0 Å². The molecule has 2 aromatic carbocycles. The second-order valence-corrected chi connectivity index (χ2v) is 5.57. The zero-order chi connectivity index (χ0) is 14.8. The van der Waals surface area contributed by atoms with Crippen molar-refractivity contribution in [3.8, 4) is 11.3 Å². The molecule has 0 aliphatic carbocycles. The lowest BCUT2D eigenvalue weighted by atomic mass is 10.1. The molecule has 1 heterocycles. The number of nitrogen functional groups attached to an aromatic ring is 1. The molecule has 0 aliphatic heterocycles. The van der Waals surface area contributed by atoms with Crippen molar-refractivity contribution in [1.82, 2.24) is 9.55 Å². The maximum absolute atomic E-state index is 13.4. The summed E-state index contributed by atoms with van der Waals surface area (Å²) >= 11 is 3.41. The minimum Gasteiger partial charge on any atom is -0.383 e. The van der Waals surface area contributed by atoms with E-state index < -0.39 is 0 Å². The normalized spacial score (nSPS) is 10.8. The van der Waals surface area contributed by atoms with E-state index >= 15 is 0 Å². The van der Waals surface area contributed by atoms with Crippen molar-refractivity contribution in [3.63, 3.8) is 0 Å². The average molecular weight is 346 g/mol. The molecule has 0 unspecified atom stereocenters. The summed E-state index contributed by atoms with van der Waals surface area (Å²) in [5.41, 5.74) is 8.52. The highest BCUT2D eigenvalue weighted by Crippen LogP contribution is 2.31. The summed E-state index contributed by atoms with van der Waals surface area (Å²) in [5.74, 6) is 0.204. The molecular weight excluding hydrogens is 333 g/mol. The van der Waals surface area contributed by atoms with E-state index in [-0.39, 0.29) is 5.82 Å². The maximum atomic E-state index is 13.4. The summed E-state index contributed by atoms with van der Waals surface area (Å²) in [5, 5.41) is 0. The largest absolute Gasteiger partial charge is 0.383 e. The molecule has 106 valence electrons. The van der Waals surface area contributed by atoms with E-state index in [1.807, 2.05) is 34.9 Å². The Bertz CT molecular complexity index is 768. The van der Waals surface area contributed by atoms with E-state index in [0.29, 0.717) is 23.6 Å². The molecule has 0 bridgehead atoms. The molecule has 21 heavy (non-hydrogen) atoms. The second kappa shape index (κ2) is 5.69. The highest BCUT2D eigenvalue weighted by Gasteiger charge is 2.13. The standard InChI is InChI=1S/C16H13BrFN3/c17-14-7-6-12(18)8-13(14)15-16(19)21(10-20-15)9-11-4-2-1-3-5-11/h1-8,10H,9,19H2. The topological polar surface area (TPSA) is 43.8 Å². The Morgan fingerprint density at radius 1 is 1.14 bits per heavy atom. The van der Waals surface area contributed by atoms with Crippen LogP contribution < -0.4 is 5.73 Å². The van der Waals surface area contributed by atoms with E-state index in [9.17, 15) is 4.39 Å². The van der Waals surface area contributed by atoms with Crippen LogP contribution in [0.4, 0.5) is 10.2 Å². The van der Waals surface area contributed by atoms with Crippen molar-refractivity contribution < 1.29 is 4.39 Å². The zero-order valence-electron chi connectivity index (χ0n) is 11.1.